The summed E-state index contributed by atoms with van der Waals surface area (Å²) in [4.78, 5) is 38.4. The minimum atomic E-state index is -1.46. The van der Waals surface area contributed by atoms with Crippen LogP contribution >= 0.6 is 0 Å². The molecule has 12 nitrogen and oxygen atoms in total. The smallest absolute Gasteiger partial charge is 0.336 e. The number of aliphatic hydroxyl groups is 2. The van der Waals surface area contributed by atoms with Crippen LogP contribution in [0.4, 0.5) is 11.4 Å². The maximum Gasteiger partial charge on any atom is 0.336 e. The van der Waals surface area contributed by atoms with Crippen LogP contribution in [0, 0.1) is 20.2 Å². The van der Waals surface area contributed by atoms with E-state index in [1.165, 1.54) is 0 Å². The van der Waals surface area contributed by atoms with Crippen LogP contribution in [-0.2, 0) is 4.79 Å². The maximum absolute atomic E-state index is 10.5. The first kappa shape index (κ1) is 22.2. The number of benzene rings is 1. The second-order valence-electron chi connectivity index (χ2n) is 3.52. The van der Waals surface area contributed by atoms with E-state index < -0.39 is 38.7 Å². The van der Waals surface area contributed by atoms with E-state index in [1.54, 1.807) is 0 Å². The lowest BCUT2D eigenvalue weighted by Gasteiger charge is -1.96. The molecule has 0 saturated carbocycles. The van der Waals surface area contributed by atoms with Gasteiger partial charge >= 0.3 is 5.97 Å². The second kappa shape index (κ2) is 11.5. The molecule has 0 aliphatic carbocycles. The Morgan fingerprint density at radius 1 is 0.957 bits per heavy atom. The van der Waals surface area contributed by atoms with Crippen LogP contribution in [0.15, 0.2) is 18.2 Å². The number of rotatable bonds is 4. The highest BCUT2D eigenvalue weighted by Gasteiger charge is 2.19. The van der Waals surface area contributed by atoms with Gasteiger partial charge in [0.15, 0.2) is 0 Å². The molecule has 4 N–H and O–H groups in total. The molecule has 1 aromatic rings. The fourth-order valence-corrected chi connectivity index (χ4v) is 0.929. The average molecular weight is 334 g/mol. The number of hydrogen-bond donors (Lipinski definition) is 4. The summed E-state index contributed by atoms with van der Waals surface area (Å²) in [5.41, 5.74) is -1.74. The molecule has 128 valence electrons. The monoisotopic (exact) mass is 334 g/mol. The summed E-state index contributed by atoms with van der Waals surface area (Å²) in [5, 5.41) is 51.9. The molecule has 0 unspecified atom stereocenters. The zero-order valence-corrected chi connectivity index (χ0v) is 11.8. The number of aliphatic carboxylic acids is 1. The van der Waals surface area contributed by atoms with E-state index in [0.29, 0.717) is 6.07 Å². The number of hydrogen-bond acceptors (Lipinski definition) is 8. The summed E-state index contributed by atoms with van der Waals surface area (Å²) in [6.07, 6.45) is 0. The molecule has 0 spiro atoms. The highest BCUT2D eigenvalue weighted by atomic mass is 16.6. The highest BCUT2D eigenvalue weighted by Crippen LogP contribution is 2.22. The molecule has 1 aromatic carbocycles. The lowest BCUT2D eigenvalue weighted by atomic mass is 10.2. The zero-order valence-electron chi connectivity index (χ0n) is 11.8. The first-order valence-corrected chi connectivity index (χ1v) is 5.65. The van der Waals surface area contributed by atoms with E-state index in [4.69, 9.17) is 25.2 Å². The van der Waals surface area contributed by atoms with Crippen molar-refractivity contribution >= 4 is 23.3 Å². The number of non-ortho nitro benzene ring substituents is 2. The first-order chi connectivity index (χ1) is 10.6. The molecule has 0 aliphatic rings. The van der Waals surface area contributed by atoms with E-state index in [2.05, 4.69) is 0 Å². The van der Waals surface area contributed by atoms with Crippen LogP contribution in [0.2, 0.25) is 0 Å². The molecule has 12 heteroatoms. The van der Waals surface area contributed by atoms with E-state index in [9.17, 15) is 25.0 Å². The number of aliphatic hydroxyl groups excluding tert-OH is 2. The van der Waals surface area contributed by atoms with Gasteiger partial charge in [-0.05, 0) is 0 Å². The summed E-state index contributed by atoms with van der Waals surface area (Å²) in [6, 6.07) is 2.22. The van der Waals surface area contributed by atoms with Crippen molar-refractivity contribution in [1.82, 2.24) is 0 Å². The Balaban J connectivity index is 0. The summed E-state index contributed by atoms with van der Waals surface area (Å²) >= 11 is 0. The average Bonchev–Trinajstić information content (AvgIpc) is 2.46. The molecule has 0 amide bonds. The quantitative estimate of drug-likeness (QED) is 0.437. The Kier molecular flexibility index (Phi) is 11.1. The minimum absolute atomic E-state index is 0.125. The summed E-state index contributed by atoms with van der Waals surface area (Å²) in [5.74, 6) is -2.29. The largest absolute Gasteiger partial charge is 0.481 e. The van der Waals surface area contributed by atoms with Crippen molar-refractivity contribution in [3.05, 3.63) is 44.0 Å². The normalized spacial score (nSPS) is 8.65. The Morgan fingerprint density at radius 2 is 1.26 bits per heavy atom. The number of nitrogens with zero attached hydrogens (tertiary/aromatic N) is 2. The fourth-order valence-electron chi connectivity index (χ4n) is 0.929. The fraction of sp³-hybridized carbons (Fsp3) is 0.273. The predicted octanol–water partition coefficient (Wildman–Crippen LogP) is 0.263. The molecule has 0 fully saturated rings. The van der Waals surface area contributed by atoms with Crippen LogP contribution in [0.1, 0.15) is 17.3 Å². The van der Waals surface area contributed by atoms with Gasteiger partial charge in [-0.15, -0.1) is 0 Å². The molecule has 0 saturated heterocycles. The van der Waals surface area contributed by atoms with Crippen LogP contribution in [0.5, 0.6) is 0 Å². The number of aromatic carboxylic acids is 1. The highest BCUT2D eigenvalue weighted by molar-refractivity contribution is 5.89. The molecule has 1 rings (SSSR count). The van der Waals surface area contributed by atoms with Crippen molar-refractivity contribution in [3.8, 4) is 0 Å². The number of nitro benzene ring substituents is 2. The van der Waals surface area contributed by atoms with Crippen molar-refractivity contribution in [3.63, 3.8) is 0 Å². The Hall–Kier alpha value is -3.12. The Labute approximate surface area is 128 Å². The molecule has 23 heavy (non-hydrogen) atoms. The van der Waals surface area contributed by atoms with E-state index in [0.717, 1.165) is 19.1 Å². The van der Waals surface area contributed by atoms with Crippen molar-refractivity contribution in [2.75, 3.05) is 13.2 Å². The SMILES string of the molecule is CC(=O)O.O=C(O)c1cc([N+](=O)[O-])cc([N+](=O)[O-])c1.OCCO. The van der Waals surface area contributed by atoms with Gasteiger partial charge in [0.05, 0.1) is 34.7 Å². The van der Waals surface area contributed by atoms with Crippen molar-refractivity contribution in [2.24, 2.45) is 0 Å². The second-order valence-corrected chi connectivity index (χ2v) is 3.52. The molecule has 0 heterocycles. The van der Waals surface area contributed by atoms with Crippen LogP contribution in [-0.4, -0.2) is 55.4 Å². The van der Waals surface area contributed by atoms with Crippen molar-refractivity contribution < 1.29 is 39.9 Å². The topological polar surface area (TPSA) is 201 Å². The predicted molar refractivity (Wildman–Crippen MR) is 74.2 cm³/mol. The molecule has 0 atom stereocenters. The molecule has 0 aromatic heterocycles. The number of nitro groups is 2. The summed E-state index contributed by atoms with van der Waals surface area (Å²) in [7, 11) is 0. The van der Waals surface area contributed by atoms with Gasteiger partial charge in [-0.1, -0.05) is 0 Å². The van der Waals surface area contributed by atoms with Gasteiger partial charge in [0.1, 0.15) is 0 Å². The van der Waals surface area contributed by atoms with E-state index in [1.807, 2.05) is 0 Å². The molecular formula is C11H14N2O10. The van der Waals surface area contributed by atoms with E-state index >= 15 is 0 Å². The van der Waals surface area contributed by atoms with Gasteiger partial charge in [0.25, 0.3) is 17.3 Å². The number of carbonyl (C=O) groups is 2. The van der Waals surface area contributed by atoms with Crippen LogP contribution < -0.4 is 0 Å². The maximum atomic E-state index is 10.5. The van der Waals surface area contributed by atoms with E-state index in [-0.39, 0.29) is 13.2 Å². The van der Waals surface area contributed by atoms with Gasteiger partial charge in [-0.3, -0.25) is 25.0 Å². The van der Waals surface area contributed by atoms with Crippen LogP contribution in [0.3, 0.4) is 0 Å². The van der Waals surface area contributed by atoms with Gasteiger partial charge < -0.3 is 20.4 Å². The Morgan fingerprint density at radius 3 is 1.43 bits per heavy atom. The third-order valence-corrected chi connectivity index (χ3v) is 1.67. The van der Waals surface area contributed by atoms with Gasteiger partial charge in [0.2, 0.25) is 0 Å². The first-order valence-electron chi connectivity index (χ1n) is 5.65. The standard InChI is InChI=1S/C7H4N2O6.C2H4O2.C2H6O2/c10-7(11)4-1-5(8(12)13)3-6(2-4)9(14)15;1-2(3)4;3-1-2-4/h1-3H,(H,10,11);1H3,(H,3,4);3-4H,1-2H2. The number of carboxylic acid groups (broad SMARTS) is 2. The molecule has 0 bridgehead atoms. The number of carboxylic acids is 2. The van der Waals surface area contributed by atoms with Gasteiger partial charge in [-0.25, -0.2) is 4.79 Å². The van der Waals surface area contributed by atoms with Crippen molar-refractivity contribution in [2.45, 2.75) is 6.92 Å². The lowest BCUT2D eigenvalue weighted by Crippen LogP contribution is -2.00. The third kappa shape index (κ3) is 11.2. The van der Waals surface area contributed by atoms with Gasteiger partial charge in [-0.2, -0.15) is 0 Å². The Bertz CT molecular complexity index is 487. The third-order valence-electron chi connectivity index (χ3n) is 1.67. The van der Waals surface area contributed by atoms with Crippen molar-refractivity contribution in [1.29, 1.82) is 0 Å². The molecule has 0 aliphatic heterocycles. The summed E-state index contributed by atoms with van der Waals surface area (Å²) < 4.78 is 0. The molecule has 0 radical (unpaired) electrons. The molecular weight excluding hydrogens is 320 g/mol. The minimum Gasteiger partial charge on any atom is -0.481 e. The summed E-state index contributed by atoms with van der Waals surface area (Å²) in [6.45, 7) is 0.833. The lowest BCUT2D eigenvalue weighted by molar-refractivity contribution is -0.394. The zero-order chi connectivity index (χ0) is 18.6. The van der Waals surface area contributed by atoms with Crippen LogP contribution in [0.25, 0.3) is 0 Å². The van der Waals surface area contributed by atoms with Gasteiger partial charge in [0, 0.05) is 19.1 Å².